The zero-order valence-electron chi connectivity index (χ0n) is 10.4. The lowest BCUT2D eigenvalue weighted by atomic mass is 9.72. The maximum atomic E-state index is 3.87. The van der Waals surface area contributed by atoms with Gasteiger partial charge in [-0.3, -0.25) is 0 Å². The molecule has 0 bridgehead atoms. The van der Waals surface area contributed by atoms with Gasteiger partial charge in [-0.2, -0.15) is 0 Å². The fourth-order valence-electron chi connectivity index (χ4n) is 3.65. The fraction of sp³-hybridized carbons (Fsp3) is 0.600. The first-order valence-corrected chi connectivity index (χ1v) is 7.84. The number of anilines is 1. The lowest BCUT2D eigenvalue weighted by Crippen LogP contribution is -2.44. The molecule has 2 aliphatic rings. The molecule has 0 amide bonds. The second-order valence-corrected chi connectivity index (χ2v) is 7.05. The molecule has 1 spiro atoms. The summed E-state index contributed by atoms with van der Waals surface area (Å²) in [4.78, 5) is 0. The van der Waals surface area contributed by atoms with Gasteiger partial charge in [-0.1, -0.05) is 26.2 Å². The quantitative estimate of drug-likeness (QED) is 0.661. The van der Waals surface area contributed by atoms with E-state index in [0.29, 0.717) is 11.5 Å². The molecular weight excluding hydrogens is 321 g/mol. The molecule has 1 aliphatic carbocycles. The minimum atomic E-state index is 0.414. The highest BCUT2D eigenvalue weighted by Crippen LogP contribution is 2.45. The van der Waals surface area contributed by atoms with Crippen molar-refractivity contribution >= 4 is 28.3 Å². The smallest absolute Gasteiger partial charge is 0.0380 e. The van der Waals surface area contributed by atoms with Crippen LogP contribution in [0.3, 0.4) is 0 Å². The van der Waals surface area contributed by atoms with Gasteiger partial charge in [-0.05, 0) is 71.5 Å². The Kier molecular flexibility index (Phi) is 3.09. The molecule has 0 saturated heterocycles. The van der Waals surface area contributed by atoms with E-state index in [1.807, 2.05) is 0 Å². The van der Waals surface area contributed by atoms with Gasteiger partial charge in [0.25, 0.3) is 0 Å². The molecule has 1 N–H and O–H groups in total. The topological polar surface area (TPSA) is 12.0 Å². The van der Waals surface area contributed by atoms with E-state index >= 15 is 0 Å². The summed E-state index contributed by atoms with van der Waals surface area (Å²) in [5.74, 6) is 0.707. The van der Waals surface area contributed by atoms with E-state index in [4.69, 9.17) is 0 Å². The normalized spacial score (nSPS) is 26.4. The van der Waals surface area contributed by atoms with Gasteiger partial charge in [0.15, 0.2) is 0 Å². The molecular formula is C15H20IN. The van der Waals surface area contributed by atoms with Crippen molar-refractivity contribution < 1.29 is 0 Å². The maximum absolute atomic E-state index is 3.87. The SMILES string of the molecule is C[C@H]1CC2(CCCCC2)Nc2ccc(I)cc21. The van der Waals surface area contributed by atoms with E-state index in [1.165, 1.54) is 53.3 Å². The number of hydrogen-bond donors (Lipinski definition) is 1. The van der Waals surface area contributed by atoms with Crippen LogP contribution in [-0.2, 0) is 0 Å². The van der Waals surface area contributed by atoms with E-state index in [2.05, 4.69) is 53.0 Å². The number of rotatable bonds is 0. The van der Waals surface area contributed by atoms with E-state index in [9.17, 15) is 0 Å². The van der Waals surface area contributed by atoms with E-state index in [0.717, 1.165) is 0 Å². The summed E-state index contributed by atoms with van der Waals surface area (Å²) in [6.07, 6.45) is 8.28. The fourth-order valence-corrected chi connectivity index (χ4v) is 4.16. The summed E-state index contributed by atoms with van der Waals surface area (Å²) < 4.78 is 1.36. The number of benzene rings is 1. The minimum absolute atomic E-state index is 0.414. The highest BCUT2D eigenvalue weighted by atomic mass is 127. The van der Waals surface area contributed by atoms with Gasteiger partial charge in [-0.25, -0.2) is 0 Å². The number of fused-ring (bicyclic) bond motifs is 1. The van der Waals surface area contributed by atoms with Crippen molar-refractivity contribution in [3.8, 4) is 0 Å². The van der Waals surface area contributed by atoms with Gasteiger partial charge in [-0.15, -0.1) is 0 Å². The Morgan fingerprint density at radius 3 is 2.76 bits per heavy atom. The maximum Gasteiger partial charge on any atom is 0.0380 e. The van der Waals surface area contributed by atoms with E-state index in [-0.39, 0.29) is 0 Å². The number of halogens is 1. The summed E-state index contributed by atoms with van der Waals surface area (Å²) in [5.41, 5.74) is 3.33. The van der Waals surface area contributed by atoms with Crippen LogP contribution >= 0.6 is 22.6 Å². The first-order chi connectivity index (χ1) is 8.19. The minimum Gasteiger partial charge on any atom is -0.379 e. The Morgan fingerprint density at radius 1 is 1.24 bits per heavy atom. The van der Waals surface area contributed by atoms with Crippen LogP contribution in [0, 0.1) is 3.57 Å². The average molecular weight is 341 g/mol. The van der Waals surface area contributed by atoms with Crippen LogP contribution in [0.5, 0.6) is 0 Å². The predicted molar refractivity (Wildman–Crippen MR) is 81.6 cm³/mol. The molecule has 1 fully saturated rings. The molecule has 1 aromatic carbocycles. The molecule has 92 valence electrons. The monoisotopic (exact) mass is 341 g/mol. The molecule has 1 nitrogen and oxygen atoms in total. The third-order valence-corrected chi connectivity index (χ3v) is 5.12. The summed E-state index contributed by atoms with van der Waals surface area (Å²) >= 11 is 2.41. The predicted octanol–water partition coefficient (Wildman–Crippen LogP) is 4.91. The van der Waals surface area contributed by atoms with E-state index < -0.39 is 0 Å². The van der Waals surface area contributed by atoms with Crippen molar-refractivity contribution in [1.82, 2.24) is 0 Å². The number of nitrogens with one attached hydrogen (secondary N) is 1. The molecule has 1 aromatic rings. The van der Waals surface area contributed by atoms with Gasteiger partial charge < -0.3 is 5.32 Å². The van der Waals surface area contributed by atoms with Crippen LogP contribution in [0.25, 0.3) is 0 Å². The molecule has 0 radical (unpaired) electrons. The average Bonchev–Trinajstić information content (AvgIpc) is 2.31. The van der Waals surface area contributed by atoms with Crippen molar-refractivity contribution in [1.29, 1.82) is 0 Å². The standard InChI is InChI=1S/C15H20IN/c1-11-10-15(7-3-2-4-8-15)17-14-6-5-12(16)9-13(11)14/h5-6,9,11,17H,2-4,7-8,10H2,1H3/t11-/m0/s1. The van der Waals surface area contributed by atoms with Crippen molar-refractivity contribution in [3.05, 3.63) is 27.3 Å². The Labute approximate surface area is 118 Å². The Balaban J connectivity index is 1.94. The largest absolute Gasteiger partial charge is 0.379 e. The first-order valence-electron chi connectivity index (χ1n) is 6.76. The van der Waals surface area contributed by atoms with Crippen molar-refractivity contribution in [2.24, 2.45) is 0 Å². The number of hydrogen-bond acceptors (Lipinski definition) is 1. The molecule has 3 rings (SSSR count). The zero-order chi connectivity index (χ0) is 11.9. The third kappa shape index (κ3) is 2.20. The lowest BCUT2D eigenvalue weighted by molar-refractivity contribution is 0.281. The molecule has 0 aromatic heterocycles. The van der Waals surface area contributed by atoms with Crippen molar-refractivity contribution in [2.45, 2.75) is 56.9 Å². The van der Waals surface area contributed by atoms with Crippen LogP contribution in [0.1, 0.15) is 56.9 Å². The van der Waals surface area contributed by atoms with Crippen LogP contribution in [0.4, 0.5) is 5.69 Å². The Morgan fingerprint density at radius 2 is 2.00 bits per heavy atom. The second-order valence-electron chi connectivity index (χ2n) is 5.80. The zero-order valence-corrected chi connectivity index (χ0v) is 12.6. The molecule has 1 aliphatic heterocycles. The van der Waals surface area contributed by atoms with Crippen LogP contribution in [0.15, 0.2) is 18.2 Å². The van der Waals surface area contributed by atoms with Gasteiger partial charge in [0.1, 0.15) is 0 Å². The van der Waals surface area contributed by atoms with Gasteiger partial charge >= 0.3 is 0 Å². The highest BCUT2D eigenvalue weighted by Gasteiger charge is 2.37. The molecule has 2 heteroatoms. The Bertz CT molecular complexity index is 421. The van der Waals surface area contributed by atoms with Crippen LogP contribution < -0.4 is 5.32 Å². The van der Waals surface area contributed by atoms with Crippen molar-refractivity contribution in [3.63, 3.8) is 0 Å². The lowest BCUT2D eigenvalue weighted by Gasteiger charge is -2.45. The van der Waals surface area contributed by atoms with Crippen LogP contribution in [0.2, 0.25) is 0 Å². The molecule has 1 heterocycles. The van der Waals surface area contributed by atoms with Gasteiger partial charge in [0.05, 0.1) is 0 Å². The van der Waals surface area contributed by atoms with Crippen molar-refractivity contribution in [2.75, 3.05) is 5.32 Å². The Hall–Kier alpha value is -0.250. The summed E-state index contributed by atoms with van der Waals surface area (Å²) in [6, 6.07) is 6.85. The molecule has 0 unspecified atom stereocenters. The van der Waals surface area contributed by atoms with Gasteiger partial charge in [0, 0.05) is 14.8 Å². The third-order valence-electron chi connectivity index (χ3n) is 4.45. The first kappa shape index (κ1) is 11.8. The summed E-state index contributed by atoms with van der Waals surface area (Å²) in [7, 11) is 0. The second kappa shape index (κ2) is 4.45. The molecule has 17 heavy (non-hydrogen) atoms. The summed E-state index contributed by atoms with van der Waals surface area (Å²) in [5, 5.41) is 3.87. The molecule has 1 atom stereocenters. The van der Waals surface area contributed by atoms with E-state index in [1.54, 1.807) is 0 Å². The molecule has 1 saturated carbocycles. The summed E-state index contributed by atoms with van der Waals surface area (Å²) in [6.45, 7) is 2.39. The van der Waals surface area contributed by atoms with Crippen LogP contribution in [-0.4, -0.2) is 5.54 Å². The van der Waals surface area contributed by atoms with Gasteiger partial charge in [0.2, 0.25) is 0 Å². The highest BCUT2D eigenvalue weighted by molar-refractivity contribution is 14.1.